The van der Waals surface area contributed by atoms with Gasteiger partial charge in [-0.05, 0) is 61.3 Å². The van der Waals surface area contributed by atoms with Crippen LogP contribution in [-0.4, -0.2) is 43.4 Å². The second-order valence-electron chi connectivity index (χ2n) is 7.49. The molecule has 0 aliphatic carbocycles. The van der Waals surface area contributed by atoms with E-state index in [-0.39, 0.29) is 18.3 Å². The number of hydrogen-bond acceptors (Lipinski definition) is 3. The van der Waals surface area contributed by atoms with E-state index in [9.17, 15) is 9.18 Å². The maximum Gasteiger partial charge on any atom is 0.243 e. The number of rotatable bonds is 7. The van der Waals surface area contributed by atoms with Crippen LogP contribution in [0.2, 0.25) is 0 Å². The molecule has 0 unspecified atom stereocenters. The molecule has 2 aromatic rings. The van der Waals surface area contributed by atoms with Crippen molar-refractivity contribution in [2.24, 2.45) is 4.99 Å². The lowest BCUT2D eigenvalue weighted by Gasteiger charge is -2.26. The Morgan fingerprint density at radius 3 is 2.30 bits per heavy atom. The highest BCUT2D eigenvalue weighted by molar-refractivity contribution is 5.94. The molecule has 1 aliphatic heterocycles. The Morgan fingerprint density at radius 2 is 1.63 bits per heavy atom. The average Bonchev–Trinajstić information content (AvgIpc) is 2.77. The molecule has 1 aliphatic rings. The average molecular weight is 412 g/mol. The molecule has 3 rings (SSSR count). The van der Waals surface area contributed by atoms with E-state index >= 15 is 0 Å². The third-order valence-corrected chi connectivity index (χ3v) is 5.11. The van der Waals surface area contributed by atoms with Crippen LogP contribution in [0.4, 0.5) is 10.1 Å². The van der Waals surface area contributed by atoms with Gasteiger partial charge in [-0.2, -0.15) is 0 Å². The molecule has 30 heavy (non-hydrogen) atoms. The number of carbonyl (C=O) groups excluding carboxylic acids is 1. The molecule has 0 bridgehead atoms. The minimum absolute atomic E-state index is 0.0613. The first kappa shape index (κ1) is 21.8. The van der Waals surface area contributed by atoms with E-state index in [4.69, 9.17) is 0 Å². The largest absolute Gasteiger partial charge is 0.352 e. The quantitative estimate of drug-likeness (QED) is 0.484. The Morgan fingerprint density at radius 1 is 0.967 bits per heavy atom. The number of piperidine rings is 1. The lowest BCUT2D eigenvalue weighted by atomic mass is 10.1. The van der Waals surface area contributed by atoms with Crippen molar-refractivity contribution in [1.82, 2.24) is 15.5 Å². The van der Waals surface area contributed by atoms with Crippen LogP contribution in [-0.2, 0) is 17.9 Å². The molecule has 0 radical (unpaired) electrons. The predicted molar refractivity (Wildman–Crippen MR) is 119 cm³/mol. The van der Waals surface area contributed by atoms with Crippen molar-refractivity contribution in [3.05, 3.63) is 65.5 Å². The van der Waals surface area contributed by atoms with Gasteiger partial charge in [-0.1, -0.05) is 30.7 Å². The number of aliphatic imine (C=N–C) groups is 1. The fraction of sp³-hybridized carbons (Fsp3) is 0.391. The van der Waals surface area contributed by atoms with Gasteiger partial charge in [0, 0.05) is 25.8 Å². The van der Waals surface area contributed by atoms with Crippen LogP contribution in [0.5, 0.6) is 0 Å². The first-order valence-electron chi connectivity index (χ1n) is 10.4. The van der Waals surface area contributed by atoms with Gasteiger partial charge in [0.25, 0.3) is 0 Å². The molecule has 0 atom stereocenters. The lowest BCUT2D eigenvalue weighted by molar-refractivity contribution is -0.115. The normalized spacial score (nSPS) is 14.9. The van der Waals surface area contributed by atoms with Gasteiger partial charge in [0.05, 0.1) is 6.54 Å². The van der Waals surface area contributed by atoms with Crippen LogP contribution in [0.3, 0.4) is 0 Å². The van der Waals surface area contributed by atoms with Crippen LogP contribution in [0.15, 0.2) is 53.5 Å². The summed E-state index contributed by atoms with van der Waals surface area (Å²) >= 11 is 0. The first-order valence-corrected chi connectivity index (χ1v) is 10.4. The number of nitrogens with one attached hydrogen (secondary N) is 3. The van der Waals surface area contributed by atoms with Crippen LogP contribution in [0.25, 0.3) is 0 Å². The third-order valence-electron chi connectivity index (χ3n) is 5.11. The van der Waals surface area contributed by atoms with E-state index in [1.807, 2.05) is 0 Å². The summed E-state index contributed by atoms with van der Waals surface area (Å²) in [6.07, 6.45) is 3.95. The summed E-state index contributed by atoms with van der Waals surface area (Å²) in [5.74, 6) is -0.0245. The van der Waals surface area contributed by atoms with Gasteiger partial charge in [-0.3, -0.25) is 14.7 Å². The number of halogens is 1. The van der Waals surface area contributed by atoms with Gasteiger partial charge in [0.15, 0.2) is 5.96 Å². The number of likely N-dealkylation sites (tertiary alicyclic amines) is 1. The maximum atomic E-state index is 12.9. The summed E-state index contributed by atoms with van der Waals surface area (Å²) < 4.78 is 12.9. The minimum atomic E-state index is -0.338. The van der Waals surface area contributed by atoms with E-state index in [0.29, 0.717) is 18.2 Å². The molecule has 6 nitrogen and oxygen atoms in total. The molecule has 1 heterocycles. The molecule has 0 aromatic heterocycles. The van der Waals surface area contributed by atoms with Crippen molar-refractivity contribution in [3.63, 3.8) is 0 Å². The number of benzene rings is 2. The zero-order chi connectivity index (χ0) is 21.2. The minimum Gasteiger partial charge on any atom is -0.352 e. The van der Waals surface area contributed by atoms with Crippen molar-refractivity contribution in [2.75, 3.05) is 32.0 Å². The van der Waals surface area contributed by atoms with Gasteiger partial charge < -0.3 is 16.0 Å². The lowest BCUT2D eigenvalue weighted by Crippen LogP contribution is -2.41. The van der Waals surface area contributed by atoms with Crippen molar-refractivity contribution in [2.45, 2.75) is 32.4 Å². The Kier molecular flexibility index (Phi) is 8.20. The van der Waals surface area contributed by atoms with Crippen LogP contribution >= 0.6 is 0 Å². The van der Waals surface area contributed by atoms with Gasteiger partial charge in [0.2, 0.25) is 5.91 Å². The van der Waals surface area contributed by atoms with E-state index in [0.717, 1.165) is 12.1 Å². The number of nitrogens with zero attached hydrogens (tertiary/aromatic N) is 2. The Bertz CT molecular complexity index is 830. The number of carbonyl (C=O) groups is 1. The molecule has 0 saturated carbocycles. The molecule has 1 amide bonds. The molecule has 0 spiro atoms. The number of hydrogen-bond donors (Lipinski definition) is 3. The van der Waals surface area contributed by atoms with Crippen molar-refractivity contribution < 1.29 is 9.18 Å². The van der Waals surface area contributed by atoms with Crippen molar-refractivity contribution in [1.29, 1.82) is 0 Å². The highest BCUT2D eigenvalue weighted by Crippen LogP contribution is 2.13. The van der Waals surface area contributed by atoms with Crippen LogP contribution in [0, 0.1) is 5.82 Å². The van der Waals surface area contributed by atoms with E-state index in [2.05, 4.69) is 50.1 Å². The van der Waals surface area contributed by atoms with Crippen molar-refractivity contribution in [3.8, 4) is 0 Å². The smallest absolute Gasteiger partial charge is 0.243 e. The molecular weight excluding hydrogens is 381 g/mol. The van der Waals surface area contributed by atoms with Crippen LogP contribution < -0.4 is 16.0 Å². The monoisotopic (exact) mass is 411 g/mol. The third kappa shape index (κ3) is 7.15. The van der Waals surface area contributed by atoms with Gasteiger partial charge >= 0.3 is 0 Å². The molecule has 160 valence electrons. The zero-order valence-electron chi connectivity index (χ0n) is 17.5. The topological polar surface area (TPSA) is 68.8 Å². The highest BCUT2D eigenvalue weighted by Gasteiger charge is 2.10. The second-order valence-corrected chi connectivity index (χ2v) is 7.49. The first-order chi connectivity index (χ1) is 14.6. The summed E-state index contributed by atoms with van der Waals surface area (Å²) in [5.41, 5.74) is 3.03. The maximum absolute atomic E-state index is 12.9. The molecule has 3 N–H and O–H groups in total. The summed E-state index contributed by atoms with van der Waals surface area (Å²) in [7, 11) is 1.66. The Balaban J connectivity index is 1.40. The number of guanidine groups is 1. The SMILES string of the molecule is CN=C(NCC(=O)Nc1ccc(F)cc1)NCc1ccc(CN2CCCCC2)cc1. The summed E-state index contributed by atoms with van der Waals surface area (Å²) in [6.45, 7) is 4.08. The van der Waals surface area contributed by atoms with Crippen LogP contribution in [0.1, 0.15) is 30.4 Å². The molecule has 7 heteroatoms. The summed E-state index contributed by atoms with van der Waals surface area (Å²) in [4.78, 5) is 18.7. The van der Waals surface area contributed by atoms with Gasteiger partial charge in [-0.15, -0.1) is 0 Å². The predicted octanol–water partition coefficient (Wildman–Crippen LogP) is 3.12. The van der Waals surface area contributed by atoms with E-state index in [1.54, 1.807) is 7.05 Å². The fourth-order valence-electron chi connectivity index (χ4n) is 3.45. The van der Waals surface area contributed by atoms with E-state index < -0.39 is 0 Å². The molecular formula is C23H30FN5O. The number of anilines is 1. The fourth-order valence-corrected chi connectivity index (χ4v) is 3.45. The van der Waals surface area contributed by atoms with Crippen molar-refractivity contribution >= 4 is 17.6 Å². The molecule has 1 saturated heterocycles. The standard InChI is InChI=1S/C23H30FN5O/c1-25-23(27-16-22(30)28-21-11-9-20(24)10-12-21)26-15-18-5-7-19(8-6-18)17-29-13-3-2-4-14-29/h5-12H,2-4,13-17H2,1H3,(H,28,30)(H2,25,26,27). The summed E-state index contributed by atoms with van der Waals surface area (Å²) in [5, 5.41) is 8.90. The zero-order valence-corrected chi connectivity index (χ0v) is 17.5. The Labute approximate surface area is 177 Å². The van der Waals surface area contributed by atoms with E-state index in [1.165, 1.54) is 62.2 Å². The number of amides is 1. The van der Waals surface area contributed by atoms with Gasteiger partial charge in [0.1, 0.15) is 5.82 Å². The highest BCUT2D eigenvalue weighted by atomic mass is 19.1. The Hall–Kier alpha value is -2.93. The molecule has 2 aromatic carbocycles. The molecule has 1 fully saturated rings. The van der Waals surface area contributed by atoms with Gasteiger partial charge in [-0.25, -0.2) is 4.39 Å². The summed E-state index contributed by atoms with van der Waals surface area (Å²) in [6, 6.07) is 14.3. The second kappa shape index (κ2) is 11.3.